The highest BCUT2D eigenvalue weighted by atomic mass is 16.6. The van der Waals surface area contributed by atoms with Gasteiger partial charge in [0.15, 0.2) is 5.82 Å². The van der Waals surface area contributed by atoms with Crippen molar-refractivity contribution in [2.24, 2.45) is 13.0 Å². The molecule has 1 atom stereocenters. The van der Waals surface area contributed by atoms with Crippen molar-refractivity contribution in [3.05, 3.63) is 48.0 Å². The third-order valence-corrected chi connectivity index (χ3v) is 8.65. The van der Waals surface area contributed by atoms with Gasteiger partial charge in [0.25, 0.3) is 5.91 Å². The molecule has 0 aliphatic carbocycles. The fourth-order valence-electron chi connectivity index (χ4n) is 6.53. The number of benzene rings is 2. The van der Waals surface area contributed by atoms with E-state index in [4.69, 9.17) is 19.2 Å². The number of ether oxygens (including phenoxy) is 3. The van der Waals surface area contributed by atoms with Gasteiger partial charge in [-0.15, -0.1) is 0 Å². The summed E-state index contributed by atoms with van der Waals surface area (Å²) in [5.41, 5.74) is 3.70. The van der Waals surface area contributed by atoms with E-state index in [0.29, 0.717) is 35.8 Å². The van der Waals surface area contributed by atoms with Gasteiger partial charge in [0.05, 0.1) is 18.3 Å². The number of carbonyl (C=O) groups excluding carboxylic acids is 2. The number of imidazole rings is 1. The Morgan fingerprint density at radius 3 is 2.61 bits per heavy atom. The Hall–Kier alpha value is -4.05. The van der Waals surface area contributed by atoms with Crippen LogP contribution in [0.4, 0.5) is 4.79 Å². The lowest BCUT2D eigenvalue weighted by Crippen LogP contribution is -2.50. The van der Waals surface area contributed by atoms with Crippen molar-refractivity contribution in [1.82, 2.24) is 24.3 Å². The number of alkyl carbamates (subject to hydrolysis) is 1. The molecule has 2 aliphatic rings. The van der Waals surface area contributed by atoms with Crippen LogP contribution in [-0.2, 0) is 23.1 Å². The maximum absolute atomic E-state index is 13.8. The predicted molar refractivity (Wildman–Crippen MR) is 170 cm³/mol. The number of hydrogen-bond acceptors (Lipinski definition) is 6. The third-order valence-electron chi connectivity index (χ3n) is 8.65. The zero-order chi connectivity index (χ0) is 31.0. The molecule has 4 heterocycles. The zero-order valence-corrected chi connectivity index (χ0v) is 26.4. The fraction of sp³-hybridized carbons (Fsp3) is 0.500. The topological polar surface area (TPSA) is 99.8 Å². The summed E-state index contributed by atoms with van der Waals surface area (Å²) < 4.78 is 21.4. The number of likely N-dealkylation sites (tertiary alicyclic amines) is 1. The van der Waals surface area contributed by atoms with Crippen molar-refractivity contribution in [3.8, 4) is 17.3 Å². The first-order chi connectivity index (χ1) is 21.1. The number of rotatable bonds is 6. The molecule has 2 fully saturated rings. The molecule has 234 valence electrons. The average molecular weight is 602 g/mol. The van der Waals surface area contributed by atoms with E-state index in [0.717, 1.165) is 62.5 Å². The first-order valence-corrected chi connectivity index (χ1v) is 15.6. The second kappa shape index (κ2) is 12.1. The zero-order valence-electron chi connectivity index (χ0n) is 26.4. The summed E-state index contributed by atoms with van der Waals surface area (Å²) in [6.45, 7) is 9.03. The molecule has 0 radical (unpaired) electrons. The average Bonchev–Trinajstić information content (AvgIpc) is 3.53. The summed E-state index contributed by atoms with van der Waals surface area (Å²) in [6.07, 6.45) is 3.19. The summed E-state index contributed by atoms with van der Waals surface area (Å²) in [5.74, 6) is 1.84. The Morgan fingerprint density at radius 2 is 1.86 bits per heavy atom. The number of carbonyl (C=O) groups is 2. The number of nitrogens with one attached hydrogen (secondary N) is 1. The normalized spacial score (nSPS) is 18.1. The van der Waals surface area contributed by atoms with Gasteiger partial charge in [-0.25, -0.2) is 9.78 Å². The molecule has 6 rings (SSSR count). The molecule has 0 saturated carbocycles. The highest BCUT2D eigenvalue weighted by molar-refractivity contribution is 6.00. The third kappa shape index (κ3) is 6.13. The summed E-state index contributed by atoms with van der Waals surface area (Å²) in [5, 5.41) is 4.10. The smallest absolute Gasteiger partial charge is 0.407 e. The van der Waals surface area contributed by atoms with Crippen LogP contribution in [0.5, 0.6) is 5.75 Å². The van der Waals surface area contributed by atoms with Crippen LogP contribution in [-0.4, -0.2) is 76.1 Å². The summed E-state index contributed by atoms with van der Waals surface area (Å²) >= 11 is 0. The molecule has 2 saturated heterocycles. The monoisotopic (exact) mass is 601 g/mol. The van der Waals surface area contributed by atoms with E-state index in [9.17, 15) is 9.59 Å². The van der Waals surface area contributed by atoms with Gasteiger partial charge < -0.3 is 33.6 Å². The van der Waals surface area contributed by atoms with Crippen molar-refractivity contribution >= 4 is 33.9 Å². The molecule has 2 aromatic heterocycles. The van der Waals surface area contributed by atoms with E-state index in [-0.39, 0.29) is 11.9 Å². The fourth-order valence-corrected chi connectivity index (χ4v) is 6.53. The summed E-state index contributed by atoms with van der Waals surface area (Å²) in [4.78, 5) is 33.1. The number of hydrogen-bond donors (Lipinski definition) is 1. The maximum Gasteiger partial charge on any atom is 0.407 e. The minimum absolute atomic E-state index is 0.110. The molecule has 2 amide bonds. The van der Waals surface area contributed by atoms with Gasteiger partial charge in [0.1, 0.15) is 16.9 Å². The van der Waals surface area contributed by atoms with E-state index in [1.165, 1.54) is 10.9 Å². The van der Waals surface area contributed by atoms with Crippen molar-refractivity contribution in [2.75, 3.05) is 33.4 Å². The second-order valence-electron chi connectivity index (χ2n) is 13.0. The SMILES string of the molecule is COc1cc(C(=O)N2CCC[C@@H](NC(=O)OC(C)(C)C)C2)cc2nc(-c3cc4ccccc4n3CC3CCOCC3)n(C)c12. The molecule has 1 N–H and O–H groups in total. The predicted octanol–water partition coefficient (Wildman–Crippen LogP) is 5.76. The minimum Gasteiger partial charge on any atom is -0.494 e. The van der Waals surface area contributed by atoms with Gasteiger partial charge >= 0.3 is 6.09 Å². The molecule has 10 nitrogen and oxygen atoms in total. The molecule has 0 spiro atoms. The van der Waals surface area contributed by atoms with Crippen molar-refractivity contribution in [1.29, 1.82) is 0 Å². The Balaban J connectivity index is 1.31. The van der Waals surface area contributed by atoms with Gasteiger partial charge in [-0.3, -0.25) is 4.79 Å². The first-order valence-electron chi connectivity index (χ1n) is 15.6. The van der Waals surface area contributed by atoms with Gasteiger partial charge in [-0.1, -0.05) is 18.2 Å². The molecule has 0 bridgehead atoms. The van der Waals surface area contributed by atoms with Crippen molar-refractivity contribution < 1.29 is 23.8 Å². The number of para-hydroxylation sites is 1. The lowest BCUT2D eigenvalue weighted by atomic mass is 10.0. The van der Waals surface area contributed by atoms with Crippen LogP contribution in [0.2, 0.25) is 0 Å². The Morgan fingerprint density at radius 1 is 1.09 bits per heavy atom. The Kier molecular flexibility index (Phi) is 8.28. The number of fused-ring (bicyclic) bond motifs is 2. The van der Waals surface area contributed by atoms with E-state index in [1.807, 2.05) is 33.9 Å². The van der Waals surface area contributed by atoms with Crippen LogP contribution in [0.15, 0.2) is 42.5 Å². The lowest BCUT2D eigenvalue weighted by molar-refractivity contribution is 0.0452. The number of methoxy groups -OCH3 is 1. The molecular weight excluding hydrogens is 558 g/mol. The van der Waals surface area contributed by atoms with Crippen LogP contribution in [0, 0.1) is 5.92 Å². The first kappa shape index (κ1) is 30.0. The Labute approximate surface area is 258 Å². The quantitative estimate of drug-likeness (QED) is 0.302. The van der Waals surface area contributed by atoms with Crippen LogP contribution in [0.3, 0.4) is 0 Å². The van der Waals surface area contributed by atoms with Crippen LogP contribution in [0.25, 0.3) is 33.5 Å². The highest BCUT2D eigenvalue weighted by Gasteiger charge is 2.29. The maximum atomic E-state index is 13.8. The Bertz CT molecular complexity index is 1680. The van der Waals surface area contributed by atoms with Gasteiger partial charge in [0, 0.05) is 62.4 Å². The van der Waals surface area contributed by atoms with Crippen LogP contribution < -0.4 is 10.1 Å². The van der Waals surface area contributed by atoms with Crippen LogP contribution >= 0.6 is 0 Å². The standard InChI is InChI=1S/C34H43N5O5/c1-34(2,3)44-33(41)35-25-10-8-14-38(21-25)32(40)24-17-26-30(29(19-24)42-5)37(4)31(36-26)28-18-23-9-6-7-11-27(23)39(28)20-22-12-15-43-16-13-22/h6-7,9,11,17-19,22,25H,8,10,12-16,20-21H2,1-5H3,(H,35,41)/t25-/m1/s1. The van der Waals surface area contributed by atoms with Crippen molar-refractivity contribution in [3.63, 3.8) is 0 Å². The number of aromatic nitrogens is 3. The number of piperidine rings is 1. The van der Waals surface area contributed by atoms with E-state index < -0.39 is 11.7 Å². The second-order valence-corrected chi connectivity index (χ2v) is 13.0. The van der Waals surface area contributed by atoms with Gasteiger partial charge in [-0.05, 0) is 76.6 Å². The molecule has 2 aromatic carbocycles. The number of nitrogens with zero attached hydrogens (tertiary/aromatic N) is 4. The van der Waals surface area contributed by atoms with Gasteiger partial charge in [0.2, 0.25) is 0 Å². The van der Waals surface area contributed by atoms with Crippen LogP contribution in [0.1, 0.15) is 56.8 Å². The number of aryl methyl sites for hydroxylation is 1. The molecule has 10 heteroatoms. The molecule has 44 heavy (non-hydrogen) atoms. The molecule has 2 aliphatic heterocycles. The van der Waals surface area contributed by atoms with Gasteiger partial charge in [-0.2, -0.15) is 0 Å². The highest BCUT2D eigenvalue weighted by Crippen LogP contribution is 2.35. The molecular formula is C34H43N5O5. The summed E-state index contributed by atoms with van der Waals surface area (Å²) in [6, 6.07) is 14.2. The van der Waals surface area contributed by atoms with E-state index in [2.05, 4.69) is 44.8 Å². The minimum atomic E-state index is -0.582. The molecule has 4 aromatic rings. The molecule has 0 unspecified atom stereocenters. The number of amides is 2. The van der Waals surface area contributed by atoms with E-state index in [1.54, 1.807) is 18.1 Å². The largest absolute Gasteiger partial charge is 0.494 e. The lowest BCUT2D eigenvalue weighted by Gasteiger charge is -2.33. The van der Waals surface area contributed by atoms with Crippen molar-refractivity contribution in [2.45, 2.75) is 64.6 Å². The summed E-state index contributed by atoms with van der Waals surface area (Å²) in [7, 11) is 3.63. The van der Waals surface area contributed by atoms with E-state index >= 15 is 0 Å².